The molecule has 0 spiro atoms. The van der Waals surface area contributed by atoms with Gasteiger partial charge in [0.15, 0.2) is 0 Å². The summed E-state index contributed by atoms with van der Waals surface area (Å²) in [4.78, 5) is 0. The summed E-state index contributed by atoms with van der Waals surface area (Å²) in [6, 6.07) is 53.3. The number of rotatable bonds is 4. The molecule has 3 heteroatoms. The molecule has 0 bridgehead atoms. The zero-order valence-electron chi connectivity index (χ0n) is 27.4. The van der Waals surface area contributed by atoms with Gasteiger partial charge < -0.3 is 8.83 Å². The molecule has 3 aromatic heterocycles. The molecule has 238 valence electrons. The first-order valence-electron chi connectivity index (χ1n) is 17.2. The van der Waals surface area contributed by atoms with E-state index in [1.165, 1.54) is 96.6 Å². The van der Waals surface area contributed by atoms with Crippen molar-refractivity contribution in [3.05, 3.63) is 171 Å². The lowest BCUT2D eigenvalue weighted by atomic mass is 9.86. The molecule has 0 saturated carbocycles. The van der Waals surface area contributed by atoms with E-state index < -0.39 is 0 Å². The first-order valence-corrected chi connectivity index (χ1v) is 18.0. The van der Waals surface area contributed by atoms with Crippen LogP contribution in [0.1, 0.15) is 0 Å². The maximum absolute atomic E-state index is 5.56. The second-order valence-corrected chi connectivity index (χ2v) is 14.3. The molecule has 2 nitrogen and oxygen atoms in total. The topological polar surface area (TPSA) is 26.3 Å². The smallest absolute Gasteiger partial charge is 0.0981 e. The molecular formula is C48H28O2S. The van der Waals surface area contributed by atoms with E-state index in [2.05, 4.69) is 146 Å². The van der Waals surface area contributed by atoms with Crippen LogP contribution in [-0.2, 0) is 0 Å². The second kappa shape index (κ2) is 11.0. The molecular weight excluding hydrogens is 641 g/mol. The number of thiophene rings is 1. The third kappa shape index (κ3) is 4.22. The highest BCUT2D eigenvalue weighted by molar-refractivity contribution is 7.25. The predicted molar refractivity (Wildman–Crippen MR) is 216 cm³/mol. The Morgan fingerprint density at radius 3 is 1.10 bits per heavy atom. The Morgan fingerprint density at radius 1 is 0.294 bits per heavy atom. The van der Waals surface area contributed by atoms with Gasteiger partial charge in [-0.05, 0) is 95.7 Å². The van der Waals surface area contributed by atoms with Gasteiger partial charge in [0.1, 0.15) is 0 Å². The van der Waals surface area contributed by atoms with E-state index in [1.54, 1.807) is 12.5 Å². The van der Waals surface area contributed by atoms with Crippen molar-refractivity contribution in [2.45, 2.75) is 0 Å². The van der Waals surface area contributed by atoms with Crippen LogP contribution in [0, 0.1) is 0 Å². The van der Waals surface area contributed by atoms with Crippen LogP contribution < -0.4 is 0 Å². The second-order valence-electron chi connectivity index (χ2n) is 13.2. The van der Waals surface area contributed by atoms with Crippen LogP contribution in [0.5, 0.6) is 0 Å². The lowest BCUT2D eigenvalue weighted by Gasteiger charge is -2.17. The average Bonchev–Trinajstić information content (AvgIpc) is 3.98. The fraction of sp³-hybridized carbons (Fsp3) is 0. The summed E-state index contributed by atoms with van der Waals surface area (Å²) in [5.74, 6) is 0. The Hall–Kier alpha value is -6.42. The molecule has 0 atom stereocenters. The number of fused-ring (bicyclic) bond motifs is 7. The normalized spacial score (nSPS) is 11.9. The average molecular weight is 669 g/mol. The maximum atomic E-state index is 5.56. The summed E-state index contributed by atoms with van der Waals surface area (Å²) in [7, 11) is 0. The van der Waals surface area contributed by atoms with Crippen molar-refractivity contribution in [2.24, 2.45) is 0 Å². The Morgan fingerprint density at radius 2 is 0.686 bits per heavy atom. The molecule has 0 aliphatic carbocycles. The first kappa shape index (κ1) is 28.4. The summed E-state index contributed by atoms with van der Waals surface area (Å²) < 4.78 is 13.7. The van der Waals surface area contributed by atoms with Gasteiger partial charge in [-0.15, -0.1) is 11.3 Å². The van der Waals surface area contributed by atoms with Gasteiger partial charge in [-0.3, -0.25) is 0 Å². The third-order valence-electron chi connectivity index (χ3n) is 10.5. The van der Waals surface area contributed by atoms with Gasteiger partial charge >= 0.3 is 0 Å². The molecule has 8 aromatic carbocycles. The Labute approximate surface area is 297 Å². The lowest BCUT2D eigenvalue weighted by molar-refractivity contribution is 0.568. The van der Waals surface area contributed by atoms with Crippen LogP contribution in [0.4, 0.5) is 0 Å². The van der Waals surface area contributed by atoms with Crippen molar-refractivity contribution < 1.29 is 8.83 Å². The summed E-state index contributed by atoms with van der Waals surface area (Å²) in [6.07, 6.45) is 7.22. The number of benzene rings is 8. The van der Waals surface area contributed by atoms with E-state index in [-0.39, 0.29) is 0 Å². The van der Waals surface area contributed by atoms with E-state index in [9.17, 15) is 0 Å². The standard InChI is InChI=1S/C48H28O2S/c1-5-13-38-34(9-1)45(35-10-2-6-14-39(35)47(38)31-21-23-49-27-31)29-18-20-43-42(25-29)33-19-17-30(26-44(33)51-43)46-36-11-3-7-15-40(36)48(32-22-24-50-28-32)41-16-8-4-12-37(41)46/h1-28H. The molecule has 0 saturated heterocycles. The van der Waals surface area contributed by atoms with Crippen molar-refractivity contribution in [3.8, 4) is 44.5 Å². The molecule has 0 amide bonds. The monoisotopic (exact) mass is 668 g/mol. The van der Waals surface area contributed by atoms with Gasteiger partial charge in [0.25, 0.3) is 0 Å². The zero-order valence-corrected chi connectivity index (χ0v) is 28.2. The van der Waals surface area contributed by atoms with Gasteiger partial charge in [0.2, 0.25) is 0 Å². The minimum atomic E-state index is 1.10. The molecule has 0 N–H and O–H groups in total. The summed E-state index contributed by atoms with van der Waals surface area (Å²) >= 11 is 1.87. The molecule has 0 aliphatic rings. The van der Waals surface area contributed by atoms with Gasteiger partial charge in [-0.2, -0.15) is 0 Å². The van der Waals surface area contributed by atoms with E-state index in [1.807, 2.05) is 23.9 Å². The van der Waals surface area contributed by atoms with Crippen molar-refractivity contribution in [1.29, 1.82) is 0 Å². The van der Waals surface area contributed by atoms with Crippen LogP contribution in [-0.4, -0.2) is 0 Å². The van der Waals surface area contributed by atoms with Gasteiger partial charge in [0.05, 0.1) is 25.1 Å². The SMILES string of the molecule is c1ccc2c(-c3ccc4c(c3)sc3ccc(-c5c6ccccc6c(-c6ccoc6)c6ccccc56)cc34)c3ccccc3c(-c3ccoc3)c2c1. The number of hydrogen-bond donors (Lipinski definition) is 0. The molecule has 0 unspecified atom stereocenters. The van der Waals surface area contributed by atoms with Crippen LogP contribution in [0.25, 0.3) is 108 Å². The zero-order chi connectivity index (χ0) is 33.5. The number of furan rings is 2. The van der Waals surface area contributed by atoms with Crippen LogP contribution >= 0.6 is 11.3 Å². The van der Waals surface area contributed by atoms with E-state index >= 15 is 0 Å². The fourth-order valence-electron chi connectivity index (χ4n) is 8.40. The lowest BCUT2D eigenvalue weighted by Crippen LogP contribution is -1.90. The molecule has 0 radical (unpaired) electrons. The maximum Gasteiger partial charge on any atom is 0.0981 e. The third-order valence-corrected chi connectivity index (χ3v) is 11.7. The minimum Gasteiger partial charge on any atom is -0.472 e. The molecule has 11 aromatic rings. The van der Waals surface area contributed by atoms with Gasteiger partial charge in [-0.1, -0.05) is 115 Å². The summed E-state index contributed by atoms with van der Waals surface area (Å²) in [5.41, 5.74) is 9.61. The van der Waals surface area contributed by atoms with Crippen molar-refractivity contribution in [2.75, 3.05) is 0 Å². The summed E-state index contributed by atoms with van der Waals surface area (Å²) in [6.45, 7) is 0. The van der Waals surface area contributed by atoms with Crippen molar-refractivity contribution in [3.63, 3.8) is 0 Å². The largest absolute Gasteiger partial charge is 0.472 e. The summed E-state index contributed by atoms with van der Waals surface area (Å²) in [5, 5.41) is 12.5. The van der Waals surface area contributed by atoms with Gasteiger partial charge in [0, 0.05) is 42.4 Å². The van der Waals surface area contributed by atoms with Crippen LogP contribution in [0.2, 0.25) is 0 Å². The first-order chi connectivity index (χ1) is 25.3. The van der Waals surface area contributed by atoms with Crippen molar-refractivity contribution in [1.82, 2.24) is 0 Å². The number of hydrogen-bond acceptors (Lipinski definition) is 3. The molecule has 0 aliphatic heterocycles. The van der Waals surface area contributed by atoms with Gasteiger partial charge in [-0.25, -0.2) is 0 Å². The molecule has 11 rings (SSSR count). The highest BCUT2D eigenvalue weighted by Gasteiger charge is 2.20. The Bertz CT molecular complexity index is 3010. The van der Waals surface area contributed by atoms with E-state index in [4.69, 9.17) is 8.83 Å². The quantitative estimate of drug-likeness (QED) is 0.175. The molecule has 3 heterocycles. The predicted octanol–water partition coefficient (Wildman–Crippen LogP) is 14.5. The highest BCUT2D eigenvalue weighted by atomic mass is 32.1. The Balaban J connectivity index is 1.13. The van der Waals surface area contributed by atoms with Crippen molar-refractivity contribution >= 4 is 74.6 Å². The van der Waals surface area contributed by atoms with E-state index in [0.717, 1.165) is 11.1 Å². The fourth-order valence-corrected chi connectivity index (χ4v) is 9.53. The highest BCUT2D eigenvalue weighted by Crippen LogP contribution is 2.48. The minimum absolute atomic E-state index is 1.10. The van der Waals surface area contributed by atoms with Crippen LogP contribution in [0.3, 0.4) is 0 Å². The molecule has 51 heavy (non-hydrogen) atoms. The molecule has 0 fully saturated rings. The van der Waals surface area contributed by atoms with E-state index in [0.29, 0.717) is 0 Å². The van der Waals surface area contributed by atoms with Crippen LogP contribution in [0.15, 0.2) is 179 Å². The Kier molecular flexibility index (Phi) is 6.16.